The van der Waals surface area contributed by atoms with Crippen molar-refractivity contribution in [3.63, 3.8) is 0 Å². The molecule has 2 rings (SSSR count). The Labute approximate surface area is 376 Å². The number of hydrogen-bond donors (Lipinski definition) is 11. The summed E-state index contributed by atoms with van der Waals surface area (Å²) >= 11 is 0. The highest BCUT2D eigenvalue weighted by Crippen LogP contribution is 2.19. The molecule has 1 aliphatic heterocycles. The molecule has 20 heteroatoms. The fourth-order valence-electron chi connectivity index (χ4n) is 7.41. The number of amides is 7. The van der Waals surface area contributed by atoms with Crippen LogP contribution in [0.15, 0.2) is 30.3 Å². The van der Waals surface area contributed by atoms with E-state index in [0.29, 0.717) is 0 Å². The van der Waals surface area contributed by atoms with Crippen LogP contribution in [-0.4, -0.2) is 122 Å². The van der Waals surface area contributed by atoms with Crippen LogP contribution in [0.2, 0.25) is 0 Å². The molecule has 1 aromatic rings. The predicted molar refractivity (Wildman–Crippen MR) is 240 cm³/mol. The Morgan fingerprint density at radius 3 is 1.58 bits per heavy atom. The average molecular weight is 900 g/mol. The summed E-state index contributed by atoms with van der Waals surface area (Å²) in [5.41, 5.74) is 24.2. The van der Waals surface area contributed by atoms with Crippen molar-refractivity contribution < 1.29 is 43.2 Å². The molecule has 1 saturated heterocycles. The Bertz CT molecular complexity index is 1730. The first-order valence-electron chi connectivity index (χ1n) is 22.3. The summed E-state index contributed by atoms with van der Waals surface area (Å²) in [5.74, 6) is -8.11. The number of benzene rings is 1. The summed E-state index contributed by atoms with van der Waals surface area (Å²) in [6, 6.07) is 1.90. The van der Waals surface area contributed by atoms with Crippen LogP contribution in [0.4, 0.5) is 0 Å². The van der Waals surface area contributed by atoms with Crippen LogP contribution >= 0.6 is 0 Å². The van der Waals surface area contributed by atoms with Crippen LogP contribution < -0.4 is 60.2 Å². The summed E-state index contributed by atoms with van der Waals surface area (Å²) < 4.78 is 0. The molecule has 0 saturated carbocycles. The maximum Gasteiger partial charge on any atom is 0.243 e. The molecule has 0 spiro atoms. The number of Topliss-reactive ketones (excluding diaryl/α,β-unsaturated/α-hetero) is 2. The van der Waals surface area contributed by atoms with E-state index in [1.807, 2.05) is 27.7 Å². The number of rotatable bonds is 17. The molecule has 0 aliphatic carbocycles. The van der Waals surface area contributed by atoms with E-state index in [9.17, 15) is 43.2 Å². The fraction of sp³-hybridized carbons (Fsp3) is 0.659. The minimum atomic E-state index is -1.23. The van der Waals surface area contributed by atoms with Crippen LogP contribution in [0.25, 0.3) is 0 Å². The number of carbonyl (C=O) groups excluding carboxylic acids is 9. The lowest BCUT2D eigenvalue weighted by atomic mass is 9.89. The van der Waals surface area contributed by atoms with Crippen molar-refractivity contribution in [2.24, 2.45) is 46.6 Å². The standard InChI is InChI=1S/C44H73N11O9/c1-25(2)19-34-41(61)49-18-14-29(22-38(58)36(24-48)50-27(5)56)39(59)51-31(11-15-45)37(57)23-30(21-28-9-7-6-8-10-28)40(60)54-35(20-26(3)4)44(64)53-32(12-16-46)42(62)52-33(13-17-47)43(63)55-34/h6-10,25-26,29-36H,11-24,45-48H2,1-5H3,(H,49,61)(H,50,56)(H,51,59)(H,52,62)(H,53,64)(H,54,60)(H,55,63)/t29-,30+,31+,32+,33+,34+,35+,36-/m1/s1. The minimum Gasteiger partial charge on any atom is -0.354 e. The van der Waals surface area contributed by atoms with Gasteiger partial charge in [-0.2, -0.15) is 0 Å². The van der Waals surface area contributed by atoms with Gasteiger partial charge in [-0.05, 0) is 82.0 Å². The van der Waals surface area contributed by atoms with Crippen molar-refractivity contribution in [2.75, 3.05) is 32.7 Å². The minimum absolute atomic E-state index is 0.0241. The van der Waals surface area contributed by atoms with E-state index in [1.165, 1.54) is 6.92 Å². The van der Waals surface area contributed by atoms with Crippen LogP contribution in [0, 0.1) is 23.7 Å². The predicted octanol–water partition coefficient (Wildman–Crippen LogP) is -2.07. The Balaban J connectivity index is 2.73. The van der Waals surface area contributed by atoms with Gasteiger partial charge in [0.15, 0.2) is 11.6 Å². The van der Waals surface area contributed by atoms with Gasteiger partial charge in [0.1, 0.15) is 24.2 Å². The lowest BCUT2D eigenvalue weighted by molar-refractivity contribution is -0.136. The highest BCUT2D eigenvalue weighted by atomic mass is 16.2. The smallest absolute Gasteiger partial charge is 0.243 e. The van der Waals surface area contributed by atoms with Gasteiger partial charge in [-0.1, -0.05) is 58.0 Å². The van der Waals surface area contributed by atoms with Crippen molar-refractivity contribution in [2.45, 2.75) is 129 Å². The fourth-order valence-corrected chi connectivity index (χ4v) is 7.41. The normalized spacial score (nSPS) is 24.4. The molecule has 8 atom stereocenters. The third kappa shape index (κ3) is 19.2. The molecule has 1 heterocycles. The van der Waals surface area contributed by atoms with Crippen molar-refractivity contribution >= 4 is 52.9 Å². The third-order valence-corrected chi connectivity index (χ3v) is 10.8. The Hall–Kier alpha value is -5.31. The van der Waals surface area contributed by atoms with E-state index in [2.05, 4.69) is 37.2 Å². The molecule has 358 valence electrons. The first-order chi connectivity index (χ1) is 30.3. The quantitative estimate of drug-likeness (QED) is 0.0802. The maximum absolute atomic E-state index is 14.3. The van der Waals surface area contributed by atoms with E-state index in [4.69, 9.17) is 22.9 Å². The number of nitrogens with two attached hydrogens (primary N) is 4. The van der Waals surface area contributed by atoms with Gasteiger partial charge in [0, 0.05) is 44.7 Å². The summed E-state index contributed by atoms with van der Waals surface area (Å²) in [6.07, 6.45) is -0.579. The monoisotopic (exact) mass is 900 g/mol. The lowest BCUT2D eigenvalue weighted by Gasteiger charge is -2.28. The van der Waals surface area contributed by atoms with E-state index < -0.39 is 107 Å². The van der Waals surface area contributed by atoms with Gasteiger partial charge < -0.3 is 60.2 Å². The molecule has 0 radical (unpaired) electrons. The number of carbonyl (C=O) groups is 9. The van der Waals surface area contributed by atoms with Crippen molar-refractivity contribution in [3.8, 4) is 0 Å². The van der Waals surface area contributed by atoms with Crippen LogP contribution in [0.5, 0.6) is 0 Å². The SMILES string of the molecule is CC(=O)N[C@H](CN)C(=O)C[C@H]1CCNC(=O)[C@H](CC(C)C)NC(=O)[C@H](CCN)NC(=O)[C@H](CCN)NC(=O)[C@H](CC(C)C)NC(=O)[C@@H](Cc2ccccc2)CC(=O)[C@H](CCN)NC1=O. The van der Waals surface area contributed by atoms with E-state index in [-0.39, 0.29) is 95.9 Å². The second-order valence-corrected chi connectivity index (χ2v) is 17.3. The molecule has 7 amide bonds. The zero-order valence-electron chi connectivity index (χ0n) is 38.0. The maximum atomic E-state index is 14.3. The lowest BCUT2D eigenvalue weighted by Crippen LogP contribution is -2.59. The summed E-state index contributed by atoms with van der Waals surface area (Å²) in [4.78, 5) is 123. The molecule has 1 aromatic carbocycles. The molecular weight excluding hydrogens is 827 g/mol. The Kier molecular flexibility index (Phi) is 24.4. The van der Waals surface area contributed by atoms with Gasteiger partial charge in [-0.15, -0.1) is 0 Å². The second kappa shape index (κ2) is 28.5. The first-order valence-corrected chi connectivity index (χ1v) is 22.3. The number of ketones is 2. The number of nitrogens with one attached hydrogen (secondary N) is 7. The topological polar surface area (TPSA) is 342 Å². The van der Waals surface area contributed by atoms with Gasteiger partial charge in [0.25, 0.3) is 0 Å². The molecule has 1 aliphatic rings. The Morgan fingerprint density at radius 1 is 0.625 bits per heavy atom. The summed E-state index contributed by atoms with van der Waals surface area (Å²) in [5, 5.41) is 18.8. The molecule has 64 heavy (non-hydrogen) atoms. The molecular formula is C44H73N11O9. The second-order valence-electron chi connectivity index (χ2n) is 17.3. The van der Waals surface area contributed by atoms with Crippen molar-refractivity contribution in [1.82, 2.24) is 37.2 Å². The van der Waals surface area contributed by atoms with E-state index in [0.717, 1.165) is 5.56 Å². The zero-order valence-corrected chi connectivity index (χ0v) is 38.0. The summed E-state index contributed by atoms with van der Waals surface area (Å²) in [6.45, 7) is 8.10. The van der Waals surface area contributed by atoms with Crippen LogP contribution in [0.3, 0.4) is 0 Å². The van der Waals surface area contributed by atoms with Gasteiger partial charge in [0.2, 0.25) is 41.4 Å². The molecule has 15 N–H and O–H groups in total. The molecule has 1 fully saturated rings. The Morgan fingerprint density at radius 2 is 1.08 bits per heavy atom. The molecule has 0 aromatic heterocycles. The number of hydrogen-bond acceptors (Lipinski definition) is 13. The van der Waals surface area contributed by atoms with Crippen molar-refractivity contribution in [1.29, 1.82) is 0 Å². The van der Waals surface area contributed by atoms with E-state index >= 15 is 0 Å². The van der Waals surface area contributed by atoms with Gasteiger partial charge in [-0.25, -0.2) is 0 Å². The molecule has 0 unspecified atom stereocenters. The van der Waals surface area contributed by atoms with Crippen LogP contribution in [0.1, 0.15) is 91.5 Å². The van der Waals surface area contributed by atoms with E-state index in [1.54, 1.807) is 30.3 Å². The summed E-state index contributed by atoms with van der Waals surface area (Å²) in [7, 11) is 0. The van der Waals surface area contributed by atoms with Gasteiger partial charge >= 0.3 is 0 Å². The highest BCUT2D eigenvalue weighted by Gasteiger charge is 2.35. The van der Waals surface area contributed by atoms with Crippen LogP contribution in [-0.2, 0) is 49.6 Å². The first kappa shape index (κ1) is 54.8. The van der Waals surface area contributed by atoms with Gasteiger partial charge in [0.05, 0.1) is 12.1 Å². The average Bonchev–Trinajstić information content (AvgIpc) is 3.23. The molecule has 0 bridgehead atoms. The third-order valence-electron chi connectivity index (χ3n) is 10.8. The largest absolute Gasteiger partial charge is 0.354 e. The molecule has 20 nitrogen and oxygen atoms in total. The highest BCUT2D eigenvalue weighted by molar-refractivity contribution is 5.98. The van der Waals surface area contributed by atoms with Gasteiger partial charge in [-0.3, -0.25) is 43.2 Å². The zero-order chi connectivity index (χ0) is 47.9. The van der Waals surface area contributed by atoms with Crippen molar-refractivity contribution in [3.05, 3.63) is 35.9 Å².